The molecule has 1 saturated carbocycles. The van der Waals surface area contributed by atoms with E-state index in [-0.39, 0.29) is 18.0 Å². The van der Waals surface area contributed by atoms with Crippen LogP contribution in [0.25, 0.3) is 11.3 Å². The number of aromatic nitrogens is 1. The summed E-state index contributed by atoms with van der Waals surface area (Å²) in [6, 6.07) is 11.5. The average Bonchev–Trinajstić information content (AvgIpc) is 3.00. The van der Waals surface area contributed by atoms with E-state index in [1.165, 1.54) is 0 Å². The maximum Gasteiger partial charge on any atom is 0.251 e. The molecule has 0 radical (unpaired) electrons. The van der Waals surface area contributed by atoms with Crippen molar-refractivity contribution in [3.8, 4) is 17.0 Å². The van der Waals surface area contributed by atoms with Gasteiger partial charge in [-0.2, -0.15) is 0 Å². The van der Waals surface area contributed by atoms with Crippen molar-refractivity contribution in [2.24, 2.45) is 5.73 Å². The Bertz CT molecular complexity index is 685. The second-order valence-corrected chi connectivity index (χ2v) is 5.88. The van der Waals surface area contributed by atoms with Crippen LogP contribution in [0.2, 0.25) is 0 Å². The van der Waals surface area contributed by atoms with E-state index in [9.17, 15) is 4.79 Å². The highest BCUT2D eigenvalue weighted by molar-refractivity contribution is 5.94. The number of ether oxygens (including phenoxy) is 1. The number of pyridine rings is 1. The zero-order valence-corrected chi connectivity index (χ0v) is 13.2. The number of amides is 1. The molecule has 0 spiro atoms. The van der Waals surface area contributed by atoms with Crippen molar-refractivity contribution < 1.29 is 9.53 Å². The molecule has 3 rings (SSSR count). The van der Waals surface area contributed by atoms with Gasteiger partial charge in [0.1, 0.15) is 11.4 Å². The van der Waals surface area contributed by atoms with Crippen molar-refractivity contribution in [3.05, 3.63) is 48.2 Å². The van der Waals surface area contributed by atoms with Crippen LogP contribution in [0.1, 0.15) is 29.6 Å². The van der Waals surface area contributed by atoms with Gasteiger partial charge in [0, 0.05) is 29.4 Å². The molecule has 0 bridgehead atoms. The fourth-order valence-corrected chi connectivity index (χ4v) is 2.97. The molecule has 1 fully saturated rings. The molecule has 2 atom stereocenters. The third kappa shape index (κ3) is 3.51. The average molecular weight is 311 g/mol. The molecule has 0 saturated heterocycles. The third-order valence-electron chi connectivity index (χ3n) is 4.22. The van der Waals surface area contributed by atoms with Crippen molar-refractivity contribution >= 4 is 5.91 Å². The van der Waals surface area contributed by atoms with Gasteiger partial charge in [-0.25, -0.2) is 0 Å². The monoisotopic (exact) mass is 311 g/mol. The summed E-state index contributed by atoms with van der Waals surface area (Å²) in [4.78, 5) is 16.6. The van der Waals surface area contributed by atoms with Gasteiger partial charge < -0.3 is 15.8 Å². The van der Waals surface area contributed by atoms with Gasteiger partial charge >= 0.3 is 0 Å². The van der Waals surface area contributed by atoms with Crippen molar-refractivity contribution in [2.75, 3.05) is 7.11 Å². The predicted molar refractivity (Wildman–Crippen MR) is 89.3 cm³/mol. The summed E-state index contributed by atoms with van der Waals surface area (Å²) in [7, 11) is 1.62. The smallest absolute Gasteiger partial charge is 0.251 e. The molecular weight excluding hydrogens is 290 g/mol. The minimum absolute atomic E-state index is 0.0522. The highest BCUT2D eigenvalue weighted by Crippen LogP contribution is 2.27. The first-order valence-corrected chi connectivity index (χ1v) is 7.83. The minimum atomic E-state index is -0.0522. The number of methoxy groups -OCH3 is 1. The lowest BCUT2D eigenvalue weighted by molar-refractivity contribution is 0.0937. The fraction of sp³-hybridized carbons (Fsp3) is 0.333. The standard InChI is InChI=1S/C18H21N3O2/c1-23-16-3-2-10-20-17(16)12-4-6-13(7-5-12)18(22)21-15-9-8-14(19)11-15/h2-7,10,14-15H,8-9,11,19H2,1H3,(H,21,22). The first-order chi connectivity index (χ1) is 11.2. The fourth-order valence-electron chi connectivity index (χ4n) is 2.97. The van der Waals surface area contributed by atoms with E-state index < -0.39 is 0 Å². The molecular formula is C18H21N3O2. The quantitative estimate of drug-likeness (QED) is 0.909. The maximum atomic E-state index is 12.3. The second kappa shape index (κ2) is 6.79. The lowest BCUT2D eigenvalue weighted by Gasteiger charge is -2.13. The van der Waals surface area contributed by atoms with Crippen LogP contribution < -0.4 is 15.8 Å². The van der Waals surface area contributed by atoms with Crippen molar-refractivity contribution in [1.82, 2.24) is 10.3 Å². The van der Waals surface area contributed by atoms with Crippen LogP contribution in [-0.4, -0.2) is 30.1 Å². The Morgan fingerprint density at radius 3 is 2.70 bits per heavy atom. The van der Waals surface area contributed by atoms with Crippen LogP contribution in [0.3, 0.4) is 0 Å². The number of nitrogens with one attached hydrogen (secondary N) is 1. The first kappa shape index (κ1) is 15.5. The molecule has 0 aliphatic heterocycles. The number of nitrogens with zero attached hydrogens (tertiary/aromatic N) is 1. The van der Waals surface area contributed by atoms with Gasteiger partial charge in [0.2, 0.25) is 0 Å². The van der Waals surface area contributed by atoms with Crippen LogP contribution in [0, 0.1) is 0 Å². The van der Waals surface area contributed by atoms with Crippen molar-refractivity contribution in [3.63, 3.8) is 0 Å². The van der Waals surface area contributed by atoms with Crippen molar-refractivity contribution in [1.29, 1.82) is 0 Å². The van der Waals surface area contributed by atoms with Gasteiger partial charge in [0.05, 0.1) is 7.11 Å². The Labute approximate surface area is 135 Å². The highest BCUT2D eigenvalue weighted by atomic mass is 16.5. The molecule has 1 aromatic heterocycles. The lowest BCUT2D eigenvalue weighted by atomic mass is 10.1. The molecule has 1 aliphatic rings. The van der Waals surface area contributed by atoms with E-state index >= 15 is 0 Å². The highest BCUT2D eigenvalue weighted by Gasteiger charge is 2.23. The normalized spacial score (nSPS) is 20.3. The molecule has 3 N–H and O–H groups in total. The van der Waals surface area contributed by atoms with Crippen LogP contribution in [-0.2, 0) is 0 Å². The second-order valence-electron chi connectivity index (χ2n) is 5.88. The minimum Gasteiger partial charge on any atom is -0.494 e. The lowest BCUT2D eigenvalue weighted by Crippen LogP contribution is -2.33. The Balaban J connectivity index is 1.73. The van der Waals surface area contributed by atoms with E-state index in [0.717, 1.165) is 30.5 Å². The Kier molecular flexibility index (Phi) is 4.57. The summed E-state index contributed by atoms with van der Waals surface area (Å²) in [6.07, 6.45) is 4.51. The maximum absolute atomic E-state index is 12.3. The summed E-state index contributed by atoms with van der Waals surface area (Å²) in [6.45, 7) is 0. The number of carbonyl (C=O) groups is 1. The topological polar surface area (TPSA) is 77.2 Å². The number of benzene rings is 1. The third-order valence-corrected chi connectivity index (χ3v) is 4.22. The van der Waals surface area contributed by atoms with Gasteiger partial charge in [-0.15, -0.1) is 0 Å². The van der Waals surface area contributed by atoms with Crippen LogP contribution in [0.15, 0.2) is 42.6 Å². The zero-order valence-electron chi connectivity index (χ0n) is 13.2. The van der Waals surface area contributed by atoms with E-state index in [2.05, 4.69) is 10.3 Å². The molecule has 1 amide bonds. The van der Waals surface area contributed by atoms with Crippen LogP contribution in [0.4, 0.5) is 0 Å². The number of nitrogens with two attached hydrogens (primary N) is 1. The van der Waals surface area contributed by atoms with Crippen molar-refractivity contribution in [2.45, 2.75) is 31.3 Å². The van der Waals surface area contributed by atoms with E-state index in [0.29, 0.717) is 11.3 Å². The summed E-state index contributed by atoms with van der Waals surface area (Å²) >= 11 is 0. The zero-order chi connectivity index (χ0) is 16.2. The van der Waals surface area contributed by atoms with E-state index in [4.69, 9.17) is 10.5 Å². The summed E-state index contributed by atoms with van der Waals surface area (Å²) < 4.78 is 5.32. The largest absolute Gasteiger partial charge is 0.494 e. The number of rotatable bonds is 4. The van der Waals surface area contributed by atoms with Crippen LogP contribution in [0.5, 0.6) is 5.75 Å². The summed E-state index contributed by atoms with van der Waals surface area (Å²) in [5.41, 5.74) is 8.21. The molecule has 5 nitrogen and oxygen atoms in total. The van der Waals surface area contributed by atoms with E-state index in [1.807, 2.05) is 36.4 Å². The Morgan fingerprint density at radius 1 is 1.26 bits per heavy atom. The number of hydrogen-bond acceptors (Lipinski definition) is 4. The molecule has 2 aromatic rings. The molecule has 23 heavy (non-hydrogen) atoms. The molecule has 2 unspecified atom stereocenters. The predicted octanol–water partition coefficient (Wildman–Crippen LogP) is 2.37. The van der Waals surface area contributed by atoms with Gasteiger partial charge in [-0.3, -0.25) is 9.78 Å². The molecule has 120 valence electrons. The van der Waals surface area contributed by atoms with Gasteiger partial charge in [-0.1, -0.05) is 12.1 Å². The van der Waals surface area contributed by atoms with E-state index in [1.54, 1.807) is 13.3 Å². The molecule has 5 heteroatoms. The number of carbonyl (C=O) groups excluding carboxylic acids is 1. The van der Waals surface area contributed by atoms with Crippen LogP contribution >= 0.6 is 0 Å². The Morgan fingerprint density at radius 2 is 2.04 bits per heavy atom. The van der Waals surface area contributed by atoms with Gasteiger partial charge in [-0.05, 0) is 43.5 Å². The number of hydrogen-bond donors (Lipinski definition) is 2. The molecule has 1 heterocycles. The van der Waals surface area contributed by atoms with Gasteiger partial charge in [0.25, 0.3) is 5.91 Å². The summed E-state index contributed by atoms with van der Waals surface area (Å²) in [5.74, 6) is 0.660. The Hall–Kier alpha value is -2.40. The SMILES string of the molecule is COc1cccnc1-c1ccc(C(=O)NC2CCC(N)C2)cc1. The molecule has 1 aliphatic carbocycles. The molecule has 1 aromatic carbocycles. The first-order valence-electron chi connectivity index (χ1n) is 7.83. The van der Waals surface area contributed by atoms with Gasteiger partial charge in [0.15, 0.2) is 0 Å². The summed E-state index contributed by atoms with van der Waals surface area (Å²) in [5, 5.41) is 3.05.